The van der Waals surface area contributed by atoms with Crippen LogP contribution in [0.1, 0.15) is 96.8 Å². The van der Waals surface area contributed by atoms with E-state index in [4.69, 9.17) is 0 Å². The van der Waals surface area contributed by atoms with Crippen molar-refractivity contribution < 1.29 is 4.79 Å². The lowest BCUT2D eigenvalue weighted by Gasteiger charge is -2.11. The first-order chi connectivity index (χ1) is 11.8. The Morgan fingerprint density at radius 3 is 2.08 bits per heavy atom. The molecule has 0 aromatic heterocycles. The molecule has 0 radical (unpaired) electrons. The Kier molecular flexibility index (Phi) is 13.4. The molecule has 24 heavy (non-hydrogen) atoms. The molecular weight excluding hydrogens is 296 g/mol. The molecule has 0 aliphatic carbocycles. The smallest absolute Gasteiger partial charge is 0.227 e. The molecule has 1 aliphatic rings. The van der Waals surface area contributed by atoms with Crippen molar-refractivity contribution in [1.82, 2.24) is 4.90 Å². The molecule has 1 rings (SSSR count). The van der Waals surface area contributed by atoms with E-state index in [0.29, 0.717) is 6.42 Å². The Morgan fingerprint density at radius 2 is 1.50 bits per heavy atom. The molecule has 0 saturated heterocycles. The lowest BCUT2D eigenvalue weighted by atomic mass is 10.1. The topological polar surface area (TPSA) is 32.7 Å². The zero-order valence-electron chi connectivity index (χ0n) is 15.8. The minimum atomic E-state index is 0.244. The van der Waals surface area contributed by atoms with Gasteiger partial charge in [0.15, 0.2) is 0 Å². The van der Waals surface area contributed by atoms with E-state index in [9.17, 15) is 4.79 Å². The third-order valence-corrected chi connectivity index (χ3v) is 4.66. The lowest BCUT2D eigenvalue weighted by molar-refractivity contribution is -0.126. The van der Waals surface area contributed by atoms with Gasteiger partial charge in [0.25, 0.3) is 0 Å². The summed E-state index contributed by atoms with van der Waals surface area (Å²) in [4.78, 5) is 17.6. The first kappa shape index (κ1) is 20.9. The maximum atomic E-state index is 11.8. The van der Waals surface area contributed by atoms with Crippen LogP contribution in [0.4, 0.5) is 0 Å². The molecule has 0 aromatic rings. The average molecular weight is 335 g/mol. The lowest BCUT2D eigenvalue weighted by Crippen LogP contribution is -2.27. The van der Waals surface area contributed by atoms with Crippen molar-refractivity contribution in [2.24, 2.45) is 4.99 Å². The summed E-state index contributed by atoms with van der Waals surface area (Å²) in [6, 6.07) is 0. The second-order valence-corrected chi connectivity index (χ2v) is 6.94. The van der Waals surface area contributed by atoms with Crippen molar-refractivity contribution in [2.45, 2.75) is 96.8 Å². The Labute approximate surface area is 149 Å². The monoisotopic (exact) mass is 334 g/mol. The predicted octanol–water partition coefficient (Wildman–Crippen LogP) is 5.89. The maximum absolute atomic E-state index is 11.8. The number of amides is 1. The number of hydrogen-bond donors (Lipinski definition) is 0. The second-order valence-electron chi connectivity index (χ2n) is 6.94. The van der Waals surface area contributed by atoms with Crippen LogP contribution in [0.3, 0.4) is 0 Å². The molecule has 0 spiro atoms. The average Bonchev–Trinajstić information content (AvgIpc) is 3.13. The van der Waals surface area contributed by atoms with Gasteiger partial charge in [-0.3, -0.25) is 9.79 Å². The van der Waals surface area contributed by atoms with Gasteiger partial charge in [-0.25, -0.2) is 0 Å². The summed E-state index contributed by atoms with van der Waals surface area (Å²) in [6.07, 6.45) is 24.0. The largest absolute Gasteiger partial charge is 0.301 e. The van der Waals surface area contributed by atoms with Crippen LogP contribution in [0, 0.1) is 0 Å². The van der Waals surface area contributed by atoms with Crippen LogP contribution in [0.2, 0.25) is 0 Å². The number of carbonyl (C=O) groups excluding carboxylic acids is 1. The van der Waals surface area contributed by atoms with E-state index < -0.39 is 0 Å². The van der Waals surface area contributed by atoms with Crippen LogP contribution in [-0.2, 0) is 4.79 Å². The first-order valence-corrected chi connectivity index (χ1v) is 10.3. The van der Waals surface area contributed by atoms with Gasteiger partial charge in [0.2, 0.25) is 5.91 Å². The molecule has 1 heterocycles. The van der Waals surface area contributed by atoms with Gasteiger partial charge in [0.1, 0.15) is 0 Å². The SMILES string of the molecule is CCCCCCCC/C=C\CCCCCCCC(=O)N1C=NCC1. The van der Waals surface area contributed by atoms with Crippen molar-refractivity contribution in [1.29, 1.82) is 0 Å². The van der Waals surface area contributed by atoms with E-state index in [1.165, 1.54) is 77.0 Å². The summed E-state index contributed by atoms with van der Waals surface area (Å²) >= 11 is 0. The van der Waals surface area contributed by atoms with Crippen molar-refractivity contribution in [2.75, 3.05) is 13.1 Å². The predicted molar refractivity (Wildman–Crippen MR) is 105 cm³/mol. The van der Waals surface area contributed by atoms with Gasteiger partial charge in [-0.2, -0.15) is 0 Å². The highest BCUT2D eigenvalue weighted by Gasteiger charge is 2.13. The van der Waals surface area contributed by atoms with Crippen molar-refractivity contribution in [3.63, 3.8) is 0 Å². The molecule has 3 heteroatoms. The van der Waals surface area contributed by atoms with Crippen LogP contribution in [-0.4, -0.2) is 30.2 Å². The summed E-state index contributed by atoms with van der Waals surface area (Å²) < 4.78 is 0. The standard InChI is InChI=1S/C21H38N2O/c1-2-3-4-5-6-7-8-9-10-11-12-13-14-15-16-17-21(24)23-19-18-22-20-23/h9-10,20H,2-8,11-19H2,1H3/b10-9-. The Bertz CT molecular complexity index is 363. The summed E-state index contributed by atoms with van der Waals surface area (Å²) in [6.45, 7) is 3.83. The molecule has 0 atom stereocenters. The Hall–Kier alpha value is -1.12. The van der Waals surface area contributed by atoms with Gasteiger partial charge in [-0.1, -0.05) is 70.4 Å². The zero-order valence-corrected chi connectivity index (χ0v) is 15.8. The molecule has 0 fully saturated rings. The van der Waals surface area contributed by atoms with Gasteiger partial charge in [-0.05, 0) is 32.1 Å². The molecule has 1 amide bonds. The maximum Gasteiger partial charge on any atom is 0.227 e. The van der Waals surface area contributed by atoms with Crippen molar-refractivity contribution >= 4 is 12.2 Å². The normalized spacial score (nSPS) is 14.1. The summed E-state index contributed by atoms with van der Waals surface area (Å²) in [5, 5.41) is 0. The number of unbranched alkanes of at least 4 members (excludes halogenated alkanes) is 11. The Morgan fingerprint density at radius 1 is 0.917 bits per heavy atom. The summed E-state index contributed by atoms with van der Waals surface area (Å²) in [7, 11) is 0. The van der Waals surface area contributed by atoms with E-state index >= 15 is 0 Å². The van der Waals surface area contributed by atoms with Crippen LogP contribution >= 0.6 is 0 Å². The van der Waals surface area contributed by atoms with Crippen molar-refractivity contribution in [3.05, 3.63) is 12.2 Å². The second kappa shape index (κ2) is 15.4. The van der Waals surface area contributed by atoms with Crippen molar-refractivity contribution in [3.8, 4) is 0 Å². The third kappa shape index (κ3) is 11.4. The number of carbonyl (C=O) groups is 1. The summed E-state index contributed by atoms with van der Waals surface area (Å²) in [5.41, 5.74) is 0. The van der Waals surface area contributed by atoms with Gasteiger partial charge in [-0.15, -0.1) is 0 Å². The summed E-state index contributed by atoms with van der Waals surface area (Å²) in [5.74, 6) is 0.244. The van der Waals surface area contributed by atoms with Crippen LogP contribution < -0.4 is 0 Å². The number of aliphatic imine (C=N–C) groups is 1. The number of allylic oxidation sites excluding steroid dienone is 2. The molecule has 0 saturated carbocycles. The van der Waals surface area contributed by atoms with Gasteiger partial charge < -0.3 is 4.90 Å². The Balaban J connectivity index is 1.77. The van der Waals surface area contributed by atoms with Gasteiger partial charge in [0, 0.05) is 13.0 Å². The third-order valence-electron chi connectivity index (χ3n) is 4.66. The quantitative estimate of drug-likeness (QED) is 0.271. The van der Waals surface area contributed by atoms with Gasteiger partial charge >= 0.3 is 0 Å². The number of rotatable bonds is 15. The fraction of sp³-hybridized carbons (Fsp3) is 0.810. The zero-order chi connectivity index (χ0) is 17.3. The van der Waals surface area contributed by atoms with E-state index in [-0.39, 0.29) is 5.91 Å². The van der Waals surface area contributed by atoms with Crippen LogP contribution in [0.25, 0.3) is 0 Å². The van der Waals surface area contributed by atoms with Crippen LogP contribution in [0.5, 0.6) is 0 Å². The van der Waals surface area contributed by atoms with E-state index in [0.717, 1.165) is 19.5 Å². The fourth-order valence-corrected chi connectivity index (χ4v) is 3.06. The molecule has 1 aliphatic heterocycles. The molecule has 0 bridgehead atoms. The van der Waals surface area contributed by atoms with E-state index in [2.05, 4.69) is 24.1 Å². The molecular formula is C21H38N2O. The van der Waals surface area contributed by atoms with E-state index in [1.54, 1.807) is 11.2 Å². The fourth-order valence-electron chi connectivity index (χ4n) is 3.06. The van der Waals surface area contributed by atoms with E-state index in [1.807, 2.05) is 0 Å². The van der Waals surface area contributed by atoms with Gasteiger partial charge in [0.05, 0.1) is 12.9 Å². The van der Waals surface area contributed by atoms with Crippen LogP contribution in [0.15, 0.2) is 17.1 Å². The minimum Gasteiger partial charge on any atom is -0.301 e. The molecule has 0 unspecified atom stereocenters. The highest BCUT2D eigenvalue weighted by atomic mass is 16.2. The number of nitrogens with zero attached hydrogens (tertiary/aromatic N) is 2. The number of hydrogen-bond acceptors (Lipinski definition) is 2. The highest BCUT2D eigenvalue weighted by molar-refractivity contribution is 5.88. The molecule has 0 aromatic carbocycles. The molecule has 138 valence electrons. The minimum absolute atomic E-state index is 0.244. The molecule has 0 N–H and O–H groups in total. The highest BCUT2D eigenvalue weighted by Crippen LogP contribution is 2.10. The first-order valence-electron chi connectivity index (χ1n) is 10.3. The molecule has 3 nitrogen and oxygen atoms in total.